The minimum atomic E-state index is -0.0223. The fourth-order valence-electron chi connectivity index (χ4n) is 10.6. The second kappa shape index (κ2) is 16.3. The highest BCUT2D eigenvalue weighted by Crippen LogP contribution is 2.50. The van der Waals surface area contributed by atoms with E-state index in [2.05, 4.69) is 263 Å². The van der Waals surface area contributed by atoms with Crippen LogP contribution in [-0.4, -0.2) is 4.57 Å². The van der Waals surface area contributed by atoms with Gasteiger partial charge in [-0.25, -0.2) is 0 Å². The lowest BCUT2D eigenvalue weighted by atomic mass is 9.78. The van der Waals surface area contributed by atoms with Crippen LogP contribution in [0, 0.1) is 0 Å². The second-order valence-electron chi connectivity index (χ2n) is 20.5. The molecular formula is C66H54N2O. The van der Waals surface area contributed by atoms with Crippen LogP contribution in [0.2, 0.25) is 0 Å². The molecule has 12 rings (SSSR count). The number of nitrogens with zero attached hydrogens (tertiary/aromatic N) is 2. The molecule has 334 valence electrons. The van der Waals surface area contributed by atoms with E-state index in [1.165, 1.54) is 54.9 Å². The average molecular weight is 891 g/mol. The maximum atomic E-state index is 6.51. The maximum absolute atomic E-state index is 6.51. The number of hydrogen-bond acceptors (Lipinski definition) is 2. The van der Waals surface area contributed by atoms with Crippen molar-refractivity contribution in [2.75, 3.05) is 4.90 Å². The van der Waals surface area contributed by atoms with E-state index >= 15 is 0 Å². The van der Waals surface area contributed by atoms with Crippen molar-refractivity contribution in [2.45, 2.75) is 52.4 Å². The molecule has 10 aromatic carbocycles. The number of benzene rings is 10. The molecule has 0 spiro atoms. The highest BCUT2D eigenvalue weighted by Gasteiger charge is 2.26. The summed E-state index contributed by atoms with van der Waals surface area (Å²) < 4.78 is 8.90. The molecule has 0 aliphatic heterocycles. The van der Waals surface area contributed by atoms with E-state index in [-0.39, 0.29) is 10.8 Å². The van der Waals surface area contributed by atoms with Crippen LogP contribution >= 0.6 is 0 Å². The third kappa shape index (κ3) is 7.20. The van der Waals surface area contributed by atoms with Crippen LogP contribution < -0.4 is 4.90 Å². The molecule has 0 amide bonds. The van der Waals surface area contributed by atoms with Gasteiger partial charge in [-0.1, -0.05) is 199 Å². The Morgan fingerprint density at radius 3 is 1.58 bits per heavy atom. The van der Waals surface area contributed by atoms with E-state index in [4.69, 9.17) is 4.42 Å². The summed E-state index contributed by atoms with van der Waals surface area (Å²) in [6.07, 6.45) is 0. The summed E-state index contributed by atoms with van der Waals surface area (Å²) in [5.41, 5.74) is 18.1. The number of hydrogen-bond donors (Lipinski definition) is 0. The summed E-state index contributed by atoms with van der Waals surface area (Å²) in [5.74, 6) is 0. The van der Waals surface area contributed by atoms with E-state index in [9.17, 15) is 0 Å². The minimum Gasteiger partial charge on any atom is -0.456 e. The van der Waals surface area contributed by atoms with Gasteiger partial charge in [-0.2, -0.15) is 0 Å². The zero-order chi connectivity index (χ0) is 47.0. The van der Waals surface area contributed by atoms with Crippen molar-refractivity contribution >= 4 is 71.6 Å². The first-order chi connectivity index (χ1) is 33.5. The molecule has 69 heavy (non-hydrogen) atoms. The summed E-state index contributed by atoms with van der Waals surface area (Å²) in [5, 5.41) is 7.06. The Morgan fingerprint density at radius 2 is 0.899 bits per heavy atom. The van der Waals surface area contributed by atoms with Crippen LogP contribution in [-0.2, 0) is 10.8 Å². The van der Waals surface area contributed by atoms with Gasteiger partial charge in [-0.05, 0) is 116 Å². The molecule has 0 saturated heterocycles. The fourth-order valence-corrected chi connectivity index (χ4v) is 10.6. The van der Waals surface area contributed by atoms with Gasteiger partial charge in [0.05, 0.1) is 22.4 Å². The Hall–Kier alpha value is -8.14. The number of aromatic nitrogens is 1. The van der Waals surface area contributed by atoms with E-state index in [1.54, 1.807) is 0 Å². The number of furan rings is 1. The Bertz CT molecular complexity index is 3890. The standard InChI is InChI=1S/C66H54N2O/c1-65(2,3)45-39-44(40-46(41-45)66(4,5)6)49-29-18-21-43-22-19-30-53(63(43)49)50-25-10-14-32-57(50)68(48-37-38-60-56(42-48)52-27-12-16-34-59(52)67(60)47-23-8-7-9-24-47)58-33-15-11-26-51(58)54-31-20-36-62-64(54)55-28-13-17-35-61(55)69-62/h7-42H,1-6H3. The summed E-state index contributed by atoms with van der Waals surface area (Å²) in [6, 6.07) is 80.1. The van der Waals surface area contributed by atoms with Gasteiger partial charge >= 0.3 is 0 Å². The Morgan fingerprint density at radius 1 is 0.377 bits per heavy atom. The van der Waals surface area contributed by atoms with Gasteiger partial charge in [0, 0.05) is 44.0 Å². The first kappa shape index (κ1) is 42.2. The molecule has 12 aromatic rings. The maximum Gasteiger partial charge on any atom is 0.136 e. The minimum absolute atomic E-state index is 0.0223. The van der Waals surface area contributed by atoms with E-state index in [0.717, 1.165) is 66.9 Å². The quantitative estimate of drug-likeness (QED) is 0.159. The molecule has 0 aliphatic carbocycles. The molecule has 0 atom stereocenters. The molecule has 0 radical (unpaired) electrons. The van der Waals surface area contributed by atoms with Crippen molar-refractivity contribution in [1.82, 2.24) is 4.57 Å². The molecule has 0 N–H and O–H groups in total. The highest BCUT2D eigenvalue weighted by atomic mass is 16.3. The smallest absolute Gasteiger partial charge is 0.136 e. The lowest BCUT2D eigenvalue weighted by Crippen LogP contribution is -2.16. The summed E-state index contributed by atoms with van der Waals surface area (Å²) in [4.78, 5) is 2.50. The number of para-hydroxylation sites is 5. The molecular weight excluding hydrogens is 837 g/mol. The molecule has 2 aromatic heterocycles. The Balaban J connectivity index is 1.15. The van der Waals surface area contributed by atoms with Crippen LogP contribution in [0.1, 0.15) is 52.7 Å². The van der Waals surface area contributed by atoms with Gasteiger partial charge < -0.3 is 13.9 Å². The lowest BCUT2D eigenvalue weighted by Gasteiger charge is -2.30. The molecule has 0 bridgehead atoms. The first-order valence-corrected chi connectivity index (χ1v) is 24.2. The third-order valence-electron chi connectivity index (χ3n) is 14.1. The van der Waals surface area contributed by atoms with E-state index in [0.29, 0.717) is 0 Å². The van der Waals surface area contributed by atoms with Crippen molar-refractivity contribution in [2.24, 2.45) is 0 Å². The lowest BCUT2D eigenvalue weighted by molar-refractivity contribution is 0.569. The van der Waals surface area contributed by atoms with Crippen molar-refractivity contribution in [3.8, 4) is 39.1 Å². The summed E-state index contributed by atoms with van der Waals surface area (Å²) in [6.45, 7) is 13.9. The molecule has 2 heterocycles. The van der Waals surface area contributed by atoms with E-state index < -0.39 is 0 Å². The predicted molar refractivity (Wildman–Crippen MR) is 294 cm³/mol. The van der Waals surface area contributed by atoms with Crippen LogP contribution in [0.15, 0.2) is 223 Å². The number of anilines is 3. The predicted octanol–water partition coefficient (Wildman–Crippen LogP) is 18.9. The van der Waals surface area contributed by atoms with Gasteiger partial charge in [0.1, 0.15) is 11.2 Å². The number of fused-ring (bicyclic) bond motifs is 7. The monoisotopic (exact) mass is 890 g/mol. The van der Waals surface area contributed by atoms with Crippen LogP contribution in [0.25, 0.3) is 93.6 Å². The SMILES string of the molecule is CC(C)(C)c1cc(-c2cccc3cccc(-c4ccccc4N(c4ccc5c(c4)c4ccccc4n5-c4ccccc4)c4ccccc4-c4cccc5oc6ccccc6c45)c23)cc(C(C)(C)C)c1. The van der Waals surface area contributed by atoms with Gasteiger partial charge in [-0.3, -0.25) is 0 Å². The van der Waals surface area contributed by atoms with Crippen LogP contribution in [0.3, 0.4) is 0 Å². The molecule has 0 fully saturated rings. The van der Waals surface area contributed by atoms with Crippen LogP contribution in [0.5, 0.6) is 0 Å². The molecule has 3 nitrogen and oxygen atoms in total. The highest BCUT2D eigenvalue weighted by molar-refractivity contribution is 6.16. The van der Waals surface area contributed by atoms with Crippen molar-refractivity contribution in [3.05, 3.63) is 230 Å². The second-order valence-corrected chi connectivity index (χ2v) is 20.5. The van der Waals surface area contributed by atoms with Crippen LogP contribution in [0.4, 0.5) is 17.1 Å². The zero-order valence-corrected chi connectivity index (χ0v) is 40.1. The van der Waals surface area contributed by atoms with Gasteiger partial charge in [0.25, 0.3) is 0 Å². The first-order valence-electron chi connectivity index (χ1n) is 24.2. The van der Waals surface area contributed by atoms with Gasteiger partial charge in [0.2, 0.25) is 0 Å². The average Bonchev–Trinajstić information content (AvgIpc) is 3.92. The Labute approximate surface area is 404 Å². The normalized spacial score (nSPS) is 12.2. The molecule has 0 aliphatic rings. The zero-order valence-electron chi connectivity index (χ0n) is 40.1. The van der Waals surface area contributed by atoms with Gasteiger partial charge in [-0.15, -0.1) is 0 Å². The summed E-state index contributed by atoms with van der Waals surface area (Å²) in [7, 11) is 0. The van der Waals surface area contributed by atoms with Crippen molar-refractivity contribution < 1.29 is 4.42 Å². The summed E-state index contributed by atoms with van der Waals surface area (Å²) >= 11 is 0. The molecule has 0 unspecified atom stereocenters. The molecule has 3 heteroatoms. The van der Waals surface area contributed by atoms with Crippen molar-refractivity contribution in [1.29, 1.82) is 0 Å². The van der Waals surface area contributed by atoms with Gasteiger partial charge in [0.15, 0.2) is 0 Å². The van der Waals surface area contributed by atoms with E-state index in [1.807, 2.05) is 6.07 Å². The Kier molecular flexibility index (Phi) is 9.97. The molecule has 0 saturated carbocycles. The topological polar surface area (TPSA) is 21.3 Å². The fraction of sp³-hybridized carbons (Fsp3) is 0.121. The third-order valence-corrected chi connectivity index (χ3v) is 14.1. The number of rotatable bonds is 7. The van der Waals surface area contributed by atoms with Crippen molar-refractivity contribution in [3.63, 3.8) is 0 Å². The largest absolute Gasteiger partial charge is 0.456 e.